The van der Waals surface area contributed by atoms with E-state index in [-0.39, 0.29) is 11.9 Å². The van der Waals surface area contributed by atoms with E-state index >= 15 is 0 Å². The van der Waals surface area contributed by atoms with E-state index in [0.717, 1.165) is 5.56 Å². The second kappa shape index (κ2) is 8.42. The molecule has 5 nitrogen and oxygen atoms in total. The SMILES string of the molecule is COc1ccc([C@](C#N)(CCCOC(C)=O)C(C)C)cc1OC. The van der Waals surface area contributed by atoms with Crippen LogP contribution in [-0.4, -0.2) is 26.8 Å². The molecule has 0 aliphatic heterocycles. The lowest BCUT2D eigenvalue weighted by Gasteiger charge is -2.32. The number of rotatable bonds is 8. The van der Waals surface area contributed by atoms with Gasteiger partial charge in [-0.3, -0.25) is 4.79 Å². The number of ether oxygens (including phenoxy) is 3. The van der Waals surface area contributed by atoms with Crippen molar-refractivity contribution in [1.82, 2.24) is 0 Å². The molecule has 0 heterocycles. The average molecular weight is 319 g/mol. The molecule has 0 bridgehead atoms. The highest BCUT2D eigenvalue weighted by Crippen LogP contribution is 2.40. The number of carbonyl (C=O) groups is 1. The lowest BCUT2D eigenvalue weighted by Crippen LogP contribution is -2.31. The van der Waals surface area contributed by atoms with Crippen LogP contribution >= 0.6 is 0 Å². The minimum atomic E-state index is -0.667. The number of methoxy groups -OCH3 is 2. The molecule has 0 aromatic heterocycles. The van der Waals surface area contributed by atoms with Crippen LogP contribution < -0.4 is 9.47 Å². The van der Waals surface area contributed by atoms with Crippen molar-refractivity contribution in [2.45, 2.75) is 39.0 Å². The molecular formula is C18H25NO4. The van der Waals surface area contributed by atoms with Crippen LogP contribution in [0.1, 0.15) is 39.2 Å². The van der Waals surface area contributed by atoms with Crippen LogP contribution in [0.2, 0.25) is 0 Å². The predicted molar refractivity (Wildman–Crippen MR) is 87.5 cm³/mol. The Morgan fingerprint density at radius 1 is 1.26 bits per heavy atom. The fourth-order valence-electron chi connectivity index (χ4n) is 2.70. The van der Waals surface area contributed by atoms with Crippen molar-refractivity contribution in [3.63, 3.8) is 0 Å². The Labute approximate surface area is 138 Å². The fraction of sp³-hybridized carbons (Fsp3) is 0.556. The second-order valence-corrected chi connectivity index (χ2v) is 5.75. The zero-order chi connectivity index (χ0) is 17.5. The Kier molecular flexibility index (Phi) is 6.89. The van der Waals surface area contributed by atoms with E-state index in [1.165, 1.54) is 6.92 Å². The van der Waals surface area contributed by atoms with Gasteiger partial charge in [0.05, 0.1) is 32.3 Å². The number of benzene rings is 1. The van der Waals surface area contributed by atoms with Crippen molar-refractivity contribution in [1.29, 1.82) is 5.26 Å². The average Bonchev–Trinajstić information content (AvgIpc) is 2.54. The van der Waals surface area contributed by atoms with E-state index in [1.54, 1.807) is 14.2 Å². The van der Waals surface area contributed by atoms with Crippen molar-refractivity contribution < 1.29 is 19.0 Å². The summed E-state index contributed by atoms with van der Waals surface area (Å²) in [6.45, 7) is 5.74. The summed E-state index contributed by atoms with van der Waals surface area (Å²) < 4.78 is 15.6. The molecule has 0 aliphatic rings. The zero-order valence-corrected chi connectivity index (χ0v) is 14.5. The molecule has 0 unspecified atom stereocenters. The van der Waals surface area contributed by atoms with Gasteiger partial charge < -0.3 is 14.2 Å². The minimum absolute atomic E-state index is 0.0999. The third-order valence-corrected chi connectivity index (χ3v) is 4.10. The summed E-state index contributed by atoms with van der Waals surface area (Å²) in [6, 6.07) is 8.04. The Balaban J connectivity index is 3.10. The highest BCUT2D eigenvalue weighted by molar-refractivity contribution is 5.65. The van der Waals surface area contributed by atoms with Crippen LogP contribution in [0.3, 0.4) is 0 Å². The van der Waals surface area contributed by atoms with E-state index in [9.17, 15) is 10.1 Å². The van der Waals surface area contributed by atoms with Crippen molar-refractivity contribution in [3.05, 3.63) is 23.8 Å². The summed E-state index contributed by atoms with van der Waals surface area (Å²) in [6.07, 6.45) is 1.23. The van der Waals surface area contributed by atoms with Crippen LogP contribution in [0.25, 0.3) is 0 Å². The quantitative estimate of drug-likeness (QED) is 0.542. The maximum absolute atomic E-state index is 10.9. The van der Waals surface area contributed by atoms with Gasteiger partial charge in [-0.2, -0.15) is 5.26 Å². The standard InChI is InChI=1S/C18H25NO4/c1-13(2)18(12-19,9-6-10-23-14(3)20)15-7-8-16(21-4)17(11-15)22-5/h7-8,11,13H,6,9-10H2,1-5H3/t18-/m0/s1. The van der Waals surface area contributed by atoms with Crippen molar-refractivity contribution in [2.24, 2.45) is 5.92 Å². The molecule has 126 valence electrons. The molecule has 1 atom stereocenters. The first-order chi connectivity index (χ1) is 10.9. The lowest BCUT2D eigenvalue weighted by molar-refractivity contribution is -0.141. The van der Waals surface area contributed by atoms with Crippen molar-refractivity contribution in [2.75, 3.05) is 20.8 Å². The second-order valence-electron chi connectivity index (χ2n) is 5.75. The number of nitrogens with zero attached hydrogens (tertiary/aromatic N) is 1. The third-order valence-electron chi connectivity index (χ3n) is 4.10. The highest BCUT2D eigenvalue weighted by Gasteiger charge is 2.36. The Morgan fingerprint density at radius 3 is 2.39 bits per heavy atom. The molecule has 0 aliphatic carbocycles. The molecule has 0 N–H and O–H groups in total. The largest absolute Gasteiger partial charge is 0.493 e. The maximum atomic E-state index is 10.9. The lowest BCUT2D eigenvalue weighted by atomic mass is 9.70. The Morgan fingerprint density at radius 2 is 1.91 bits per heavy atom. The first-order valence-electron chi connectivity index (χ1n) is 7.68. The van der Waals surface area contributed by atoms with Crippen LogP contribution in [0.5, 0.6) is 11.5 Å². The van der Waals surface area contributed by atoms with E-state index in [4.69, 9.17) is 14.2 Å². The molecule has 1 aromatic carbocycles. The maximum Gasteiger partial charge on any atom is 0.302 e. The van der Waals surface area contributed by atoms with Gasteiger partial charge in [0.25, 0.3) is 0 Å². The Hall–Kier alpha value is -2.22. The summed E-state index contributed by atoms with van der Waals surface area (Å²) >= 11 is 0. The number of esters is 1. The predicted octanol–water partition coefficient (Wildman–Crippen LogP) is 3.46. The molecule has 0 radical (unpaired) electrons. The third kappa shape index (κ3) is 4.38. The monoisotopic (exact) mass is 319 g/mol. The molecule has 0 amide bonds. The summed E-state index contributed by atoms with van der Waals surface area (Å²) in [4.78, 5) is 10.9. The van der Waals surface area contributed by atoms with Crippen LogP contribution in [0, 0.1) is 17.2 Å². The summed E-state index contributed by atoms with van der Waals surface area (Å²) in [5.74, 6) is 1.03. The van der Waals surface area contributed by atoms with Gasteiger partial charge in [-0.05, 0) is 36.5 Å². The first-order valence-corrected chi connectivity index (χ1v) is 7.68. The Bertz CT molecular complexity index is 577. The van der Waals surface area contributed by atoms with Gasteiger partial charge in [0.1, 0.15) is 0 Å². The molecule has 0 saturated carbocycles. The van der Waals surface area contributed by atoms with Gasteiger partial charge in [-0.25, -0.2) is 0 Å². The number of nitriles is 1. The molecule has 0 saturated heterocycles. The molecule has 5 heteroatoms. The van der Waals surface area contributed by atoms with E-state index in [0.29, 0.717) is 30.9 Å². The summed E-state index contributed by atoms with van der Waals surface area (Å²) in [5, 5.41) is 9.87. The van der Waals surface area contributed by atoms with Crippen molar-refractivity contribution in [3.8, 4) is 17.6 Å². The highest BCUT2D eigenvalue weighted by atomic mass is 16.5. The first kappa shape index (κ1) is 18.8. The number of hydrogen-bond donors (Lipinski definition) is 0. The smallest absolute Gasteiger partial charge is 0.302 e. The van der Waals surface area contributed by atoms with E-state index in [2.05, 4.69) is 6.07 Å². The van der Waals surface area contributed by atoms with Gasteiger partial charge >= 0.3 is 5.97 Å². The topological polar surface area (TPSA) is 68.5 Å². The molecular weight excluding hydrogens is 294 g/mol. The minimum Gasteiger partial charge on any atom is -0.493 e. The fourth-order valence-corrected chi connectivity index (χ4v) is 2.70. The van der Waals surface area contributed by atoms with Gasteiger partial charge in [-0.1, -0.05) is 19.9 Å². The van der Waals surface area contributed by atoms with Gasteiger partial charge in [0, 0.05) is 6.92 Å². The van der Waals surface area contributed by atoms with Crippen LogP contribution in [0.4, 0.5) is 0 Å². The molecule has 23 heavy (non-hydrogen) atoms. The van der Waals surface area contributed by atoms with E-state index in [1.807, 2.05) is 32.0 Å². The zero-order valence-electron chi connectivity index (χ0n) is 14.5. The van der Waals surface area contributed by atoms with Crippen LogP contribution in [-0.2, 0) is 14.9 Å². The van der Waals surface area contributed by atoms with Crippen LogP contribution in [0.15, 0.2) is 18.2 Å². The molecule has 1 aromatic rings. The van der Waals surface area contributed by atoms with Gasteiger partial charge in [-0.15, -0.1) is 0 Å². The molecule has 0 spiro atoms. The van der Waals surface area contributed by atoms with E-state index < -0.39 is 5.41 Å². The normalized spacial score (nSPS) is 13.1. The summed E-state index contributed by atoms with van der Waals surface area (Å²) in [5.41, 5.74) is 0.218. The molecule has 0 fully saturated rings. The van der Waals surface area contributed by atoms with Gasteiger partial charge in [0.2, 0.25) is 0 Å². The number of hydrogen-bond acceptors (Lipinski definition) is 5. The van der Waals surface area contributed by atoms with Crippen molar-refractivity contribution >= 4 is 5.97 Å². The number of carbonyl (C=O) groups excluding carboxylic acids is 1. The summed E-state index contributed by atoms with van der Waals surface area (Å²) in [7, 11) is 3.16. The van der Waals surface area contributed by atoms with Gasteiger partial charge in [0.15, 0.2) is 11.5 Å². The molecule has 1 rings (SSSR count).